The molecule has 7 heteroatoms. The van der Waals surface area contributed by atoms with Gasteiger partial charge in [0.25, 0.3) is 0 Å². The summed E-state index contributed by atoms with van der Waals surface area (Å²) in [5.41, 5.74) is 2.46. The Labute approximate surface area is 152 Å². The van der Waals surface area contributed by atoms with Crippen molar-refractivity contribution in [1.82, 2.24) is 25.3 Å². The predicted octanol–water partition coefficient (Wildman–Crippen LogP) is 2.89. The highest BCUT2D eigenvalue weighted by Gasteiger charge is 2.17. The van der Waals surface area contributed by atoms with E-state index in [1.54, 1.807) is 6.33 Å². The Morgan fingerprint density at radius 2 is 2.00 bits per heavy atom. The van der Waals surface area contributed by atoms with E-state index in [4.69, 9.17) is 4.74 Å². The fraction of sp³-hybridized carbons (Fsp3) is 0.421. The molecule has 1 saturated heterocycles. The van der Waals surface area contributed by atoms with Gasteiger partial charge in [0.05, 0.1) is 18.6 Å². The van der Waals surface area contributed by atoms with E-state index in [9.17, 15) is 0 Å². The molecule has 0 amide bonds. The van der Waals surface area contributed by atoms with Gasteiger partial charge in [-0.2, -0.15) is 0 Å². The number of hydrogen-bond donors (Lipinski definition) is 2. The van der Waals surface area contributed by atoms with Crippen LogP contribution in [0.15, 0.2) is 36.9 Å². The number of ether oxygens (including phenoxy) is 1. The predicted molar refractivity (Wildman–Crippen MR) is 102 cm³/mol. The third kappa shape index (κ3) is 3.48. The maximum Gasteiger partial charge on any atom is 0.182 e. The first-order valence-corrected chi connectivity index (χ1v) is 9.13. The number of fused-ring (bicyclic) bond motifs is 1. The highest BCUT2D eigenvalue weighted by molar-refractivity contribution is 5.86. The van der Waals surface area contributed by atoms with Crippen molar-refractivity contribution in [2.45, 2.75) is 19.3 Å². The van der Waals surface area contributed by atoms with Gasteiger partial charge in [-0.15, -0.1) is 0 Å². The quantitative estimate of drug-likeness (QED) is 0.710. The molecule has 136 valence electrons. The number of benzene rings is 1. The molecule has 26 heavy (non-hydrogen) atoms. The second-order valence-electron chi connectivity index (χ2n) is 6.66. The summed E-state index contributed by atoms with van der Waals surface area (Å²) in [5.74, 6) is 2.41. The van der Waals surface area contributed by atoms with Crippen LogP contribution in [-0.2, 0) is 0 Å². The van der Waals surface area contributed by atoms with E-state index in [2.05, 4.69) is 25.3 Å². The molecule has 1 aliphatic heterocycles. The number of rotatable bonds is 6. The third-order valence-electron chi connectivity index (χ3n) is 4.99. The molecule has 0 atom stereocenters. The van der Waals surface area contributed by atoms with Crippen LogP contribution in [0.2, 0.25) is 0 Å². The lowest BCUT2D eigenvalue weighted by Gasteiger charge is -2.24. The third-order valence-corrected chi connectivity index (χ3v) is 4.99. The van der Waals surface area contributed by atoms with E-state index in [0.29, 0.717) is 5.65 Å². The maximum atomic E-state index is 6.14. The molecule has 2 N–H and O–H groups in total. The van der Waals surface area contributed by atoms with Gasteiger partial charge in [0.15, 0.2) is 11.5 Å². The zero-order chi connectivity index (χ0) is 17.8. The van der Waals surface area contributed by atoms with Crippen LogP contribution in [-0.4, -0.2) is 46.7 Å². The van der Waals surface area contributed by atoms with Gasteiger partial charge in [-0.25, -0.2) is 15.0 Å². The Morgan fingerprint density at radius 3 is 2.88 bits per heavy atom. The summed E-state index contributed by atoms with van der Waals surface area (Å²) in [6.07, 6.45) is 6.75. The number of piperidine rings is 1. The summed E-state index contributed by atoms with van der Waals surface area (Å²) in [5, 5.41) is 3.41. The molecular formula is C19H24N6O. The summed E-state index contributed by atoms with van der Waals surface area (Å²) in [6.45, 7) is 2.98. The van der Waals surface area contributed by atoms with Gasteiger partial charge < -0.3 is 19.9 Å². The number of H-pyrrole nitrogens is 1. The number of para-hydroxylation sites is 2. The van der Waals surface area contributed by atoms with Crippen LogP contribution in [0.1, 0.15) is 19.3 Å². The normalized spacial score (nSPS) is 15.3. The fourth-order valence-corrected chi connectivity index (χ4v) is 3.48. The fourth-order valence-electron chi connectivity index (χ4n) is 3.48. The van der Waals surface area contributed by atoms with E-state index < -0.39 is 0 Å². The van der Waals surface area contributed by atoms with Crippen molar-refractivity contribution in [3.8, 4) is 5.75 Å². The molecular weight excluding hydrogens is 328 g/mol. The van der Waals surface area contributed by atoms with Gasteiger partial charge in [0, 0.05) is 7.05 Å². The van der Waals surface area contributed by atoms with Crippen LogP contribution in [0.3, 0.4) is 0 Å². The van der Waals surface area contributed by atoms with Crippen LogP contribution in [0, 0.1) is 5.92 Å². The molecule has 4 rings (SSSR count). The Balaban J connectivity index is 1.50. The van der Waals surface area contributed by atoms with Gasteiger partial charge >= 0.3 is 0 Å². The van der Waals surface area contributed by atoms with E-state index >= 15 is 0 Å². The molecule has 3 aromatic rings. The van der Waals surface area contributed by atoms with E-state index in [1.165, 1.54) is 19.2 Å². The molecule has 0 aliphatic carbocycles. The zero-order valence-corrected chi connectivity index (χ0v) is 15.0. The SMILES string of the molecule is CN(c1ccccc1OCCC1CCNCC1)c1ncnc2nc[nH]c12. The summed E-state index contributed by atoms with van der Waals surface area (Å²) < 4.78 is 6.14. The van der Waals surface area contributed by atoms with Crippen LogP contribution < -0.4 is 15.0 Å². The molecule has 3 heterocycles. The Kier molecular flexibility index (Phi) is 4.97. The summed E-state index contributed by atoms with van der Waals surface area (Å²) in [4.78, 5) is 18.0. The summed E-state index contributed by atoms with van der Waals surface area (Å²) >= 11 is 0. The summed E-state index contributed by atoms with van der Waals surface area (Å²) in [6, 6.07) is 8.07. The molecule has 0 unspecified atom stereocenters. The van der Waals surface area contributed by atoms with E-state index in [1.807, 2.05) is 36.2 Å². The number of hydrogen-bond acceptors (Lipinski definition) is 6. The second kappa shape index (κ2) is 7.70. The van der Waals surface area contributed by atoms with Gasteiger partial charge in [-0.3, -0.25) is 0 Å². The minimum absolute atomic E-state index is 0.658. The first-order valence-electron chi connectivity index (χ1n) is 9.13. The van der Waals surface area contributed by atoms with Gasteiger partial charge in [-0.05, 0) is 50.4 Å². The van der Waals surface area contributed by atoms with Crippen LogP contribution in [0.4, 0.5) is 11.5 Å². The molecule has 0 bridgehead atoms. The number of anilines is 2. The van der Waals surface area contributed by atoms with Crippen molar-refractivity contribution in [2.75, 3.05) is 31.6 Å². The average molecular weight is 352 g/mol. The lowest BCUT2D eigenvalue weighted by Crippen LogP contribution is -2.28. The number of aromatic amines is 1. The number of nitrogens with zero attached hydrogens (tertiary/aromatic N) is 4. The van der Waals surface area contributed by atoms with Gasteiger partial charge in [-0.1, -0.05) is 12.1 Å². The van der Waals surface area contributed by atoms with E-state index in [0.717, 1.165) is 54.8 Å². The zero-order valence-electron chi connectivity index (χ0n) is 15.0. The first-order chi connectivity index (χ1) is 12.8. The molecule has 0 radical (unpaired) electrons. The van der Waals surface area contributed by atoms with Crippen LogP contribution >= 0.6 is 0 Å². The highest BCUT2D eigenvalue weighted by Crippen LogP contribution is 2.33. The number of imidazole rings is 1. The molecule has 7 nitrogen and oxygen atoms in total. The van der Waals surface area contributed by atoms with Crippen molar-refractivity contribution in [3.63, 3.8) is 0 Å². The molecule has 0 saturated carbocycles. The van der Waals surface area contributed by atoms with Crippen LogP contribution in [0.25, 0.3) is 11.2 Å². The standard InChI is InChI=1S/C19H24N6O/c1-25(19-17-18(22-12-21-17)23-13-24-19)15-4-2-3-5-16(15)26-11-8-14-6-9-20-10-7-14/h2-5,12-14,20H,6-11H2,1H3,(H,21,22,23,24). The van der Waals surface area contributed by atoms with Gasteiger partial charge in [0.1, 0.15) is 17.6 Å². The minimum Gasteiger partial charge on any atom is -0.491 e. The van der Waals surface area contributed by atoms with E-state index in [-0.39, 0.29) is 0 Å². The molecule has 1 fully saturated rings. The largest absolute Gasteiger partial charge is 0.491 e. The van der Waals surface area contributed by atoms with Crippen molar-refractivity contribution < 1.29 is 4.74 Å². The topological polar surface area (TPSA) is 79.0 Å². The second-order valence-corrected chi connectivity index (χ2v) is 6.66. The van der Waals surface area contributed by atoms with Crippen molar-refractivity contribution in [1.29, 1.82) is 0 Å². The van der Waals surface area contributed by atoms with Crippen molar-refractivity contribution >= 4 is 22.7 Å². The van der Waals surface area contributed by atoms with Crippen molar-refractivity contribution in [3.05, 3.63) is 36.9 Å². The monoisotopic (exact) mass is 352 g/mol. The van der Waals surface area contributed by atoms with Gasteiger partial charge in [0.2, 0.25) is 0 Å². The number of aromatic nitrogens is 4. The lowest BCUT2D eigenvalue weighted by molar-refractivity contribution is 0.252. The highest BCUT2D eigenvalue weighted by atomic mass is 16.5. The number of nitrogens with one attached hydrogen (secondary N) is 2. The molecule has 0 spiro atoms. The molecule has 2 aromatic heterocycles. The molecule has 1 aromatic carbocycles. The Bertz CT molecular complexity index is 858. The van der Waals surface area contributed by atoms with Crippen molar-refractivity contribution in [2.24, 2.45) is 5.92 Å². The van der Waals surface area contributed by atoms with Crippen LogP contribution in [0.5, 0.6) is 5.75 Å². The average Bonchev–Trinajstić information content (AvgIpc) is 3.17. The Morgan fingerprint density at radius 1 is 1.15 bits per heavy atom. The maximum absolute atomic E-state index is 6.14. The first kappa shape index (κ1) is 16.8. The molecule has 1 aliphatic rings. The Hall–Kier alpha value is -2.67. The minimum atomic E-state index is 0.658. The smallest absolute Gasteiger partial charge is 0.182 e. The summed E-state index contributed by atoms with van der Waals surface area (Å²) in [7, 11) is 1.98. The lowest BCUT2D eigenvalue weighted by atomic mass is 9.95.